The van der Waals surface area contributed by atoms with Crippen molar-refractivity contribution in [3.8, 4) is 23.0 Å². The average molecular weight is 558 g/mol. The van der Waals surface area contributed by atoms with Crippen molar-refractivity contribution in [2.24, 2.45) is 5.73 Å². The van der Waals surface area contributed by atoms with Crippen LogP contribution in [0.5, 0.6) is 23.0 Å². The Labute approximate surface area is 239 Å². The average Bonchev–Trinajstić information content (AvgIpc) is 3.51. The summed E-state index contributed by atoms with van der Waals surface area (Å²) in [4.78, 5) is 17.0. The molecule has 0 bridgehead atoms. The van der Waals surface area contributed by atoms with Crippen LogP contribution in [-0.4, -0.2) is 48.2 Å². The molecule has 1 aliphatic rings. The van der Waals surface area contributed by atoms with Crippen LogP contribution in [-0.2, 0) is 4.74 Å². The number of rotatable bonds is 12. The van der Waals surface area contributed by atoms with Crippen molar-refractivity contribution in [3.63, 3.8) is 0 Å². The molecule has 1 aromatic heterocycles. The molecule has 0 saturated heterocycles. The van der Waals surface area contributed by atoms with E-state index in [0.717, 1.165) is 36.8 Å². The van der Waals surface area contributed by atoms with Gasteiger partial charge in [-0.3, -0.25) is 9.78 Å². The van der Waals surface area contributed by atoms with Gasteiger partial charge in [-0.05, 0) is 61.4 Å². The van der Waals surface area contributed by atoms with E-state index in [0.29, 0.717) is 40.5 Å². The number of hydrogen-bond acceptors (Lipinski definition) is 8. The number of aliphatic hydroxyl groups excluding tert-OH is 1. The molecule has 214 valence electrons. The third-order valence-electron chi connectivity index (χ3n) is 7.07. The minimum absolute atomic E-state index is 0.0807. The smallest absolute Gasteiger partial charge is 0.255 e. The van der Waals surface area contributed by atoms with E-state index in [1.807, 2.05) is 36.4 Å². The zero-order valence-corrected chi connectivity index (χ0v) is 23.0. The summed E-state index contributed by atoms with van der Waals surface area (Å²) in [7, 11) is 1.56. The number of nitrogens with zero attached hydrogens (tertiary/aromatic N) is 1. The lowest BCUT2D eigenvalue weighted by Gasteiger charge is -2.23. The molecular weight excluding hydrogens is 522 g/mol. The van der Waals surface area contributed by atoms with E-state index in [1.165, 1.54) is 0 Å². The summed E-state index contributed by atoms with van der Waals surface area (Å²) in [6.45, 7) is 0.272. The highest BCUT2D eigenvalue weighted by Gasteiger charge is 2.23. The monoisotopic (exact) mass is 557 g/mol. The van der Waals surface area contributed by atoms with Crippen molar-refractivity contribution in [3.05, 3.63) is 84.6 Å². The van der Waals surface area contributed by atoms with E-state index in [4.69, 9.17) is 24.7 Å². The van der Waals surface area contributed by atoms with Crippen molar-refractivity contribution in [2.75, 3.05) is 19.0 Å². The van der Waals surface area contributed by atoms with Gasteiger partial charge in [0.15, 0.2) is 17.8 Å². The first-order valence-corrected chi connectivity index (χ1v) is 13.8. The van der Waals surface area contributed by atoms with E-state index in [1.54, 1.807) is 49.7 Å². The van der Waals surface area contributed by atoms with Gasteiger partial charge in [0.2, 0.25) is 0 Å². The summed E-state index contributed by atoms with van der Waals surface area (Å²) in [6.07, 6.45) is 5.30. The number of nitrogens with two attached hydrogens (primary N) is 1. The molecule has 9 nitrogen and oxygen atoms in total. The van der Waals surface area contributed by atoms with Crippen molar-refractivity contribution >= 4 is 22.5 Å². The van der Waals surface area contributed by atoms with E-state index in [-0.39, 0.29) is 18.6 Å². The molecule has 0 aliphatic heterocycles. The molecule has 1 unspecified atom stereocenters. The lowest BCUT2D eigenvalue weighted by Crippen LogP contribution is -2.39. The topological polar surface area (TPSA) is 125 Å². The highest BCUT2D eigenvalue weighted by atomic mass is 16.6. The Bertz CT molecular complexity index is 1440. The Morgan fingerprint density at radius 3 is 2.51 bits per heavy atom. The van der Waals surface area contributed by atoms with Gasteiger partial charge < -0.3 is 35.1 Å². The van der Waals surface area contributed by atoms with E-state index >= 15 is 0 Å². The van der Waals surface area contributed by atoms with Crippen LogP contribution in [0.2, 0.25) is 0 Å². The third-order valence-corrected chi connectivity index (χ3v) is 7.07. The molecule has 4 aromatic rings. The van der Waals surface area contributed by atoms with Gasteiger partial charge in [-0.15, -0.1) is 0 Å². The molecule has 3 aromatic carbocycles. The molecule has 1 amide bonds. The molecule has 1 fully saturated rings. The van der Waals surface area contributed by atoms with Gasteiger partial charge in [0.05, 0.1) is 31.4 Å². The number of aromatic nitrogens is 1. The van der Waals surface area contributed by atoms with Crippen LogP contribution in [0.15, 0.2) is 79.0 Å². The predicted octanol–water partition coefficient (Wildman–Crippen LogP) is 5.66. The summed E-state index contributed by atoms with van der Waals surface area (Å²) < 4.78 is 23.4. The maximum Gasteiger partial charge on any atom is 0.255 e. The number of nitrogens with one attached hydrogen (secondary N) is 1. The van der Waals surface area contributed by atoms with Crippen LogP contribution < -0.4 is 25.3 Å². The Kier molecular flexibility index (Phi) is 9.30. The fourth-order valence-corrected chi connectivity index (χ4v) is 4.79. The van der Waals surface area contributed by atoms with E-state index in [2.05, 4.69) is 10.3 Å². The molecule has 1 aliphatic carbocycles. The second-order valence-electron chi connectivity index (χ2n) is 10.0. The number of para-hydroxylation sites is 1. The van der Waals surface area contributed by atoms with Gasteiger partial charge in [0, 0.05) is 35.3 Å². The standard InChI is InChI=1S/C32H35N3O6/c1-38-29-19-25-27(20-30(29)39-18-16-26(33)32(37)41-23-9-5-6-10-23)34-17-15-28(25)40-24-13-11-21(12-14-24)31(36)35-22-7-3-2-4-8-22/h2-4,7-8,11-15,17,19-20,23,26,32,37H,5-6,9-10,16,18,33H2,1H3,(H,35,36)/t26-,32?/m0/s1. The molecule has 2 atom stereocenters. The lowest BCUT2D eigenvalue weighted by atomic mass is 10.1. The van der Waals surface area contributed by atoms with Gasteiger partial charge >= 0.3 is 0 Å². The molecule has 1 saturated carbocycles. The first-order valence-electron chi connectivity index (χ1n) is 13.8. The fourth-order valence-electron chi connectivity index (χ4n) is 4.79. The fraction of sp³-hybridized carbons (Fsp3) is 0.312. The van der Waals surface area contributed by atoms with Crippen LogP contribution in [0.1, 0.15) is 42.5 Å². The van der Waals surface area contributed by atoms with Crippen LogP contribution >= 0.6 is 0 Å². The van der Waals surface area contributed by atoms with Crippen molar-refractivity contribution in [1.29, 1.82) is 0 Å². The second-order valence-corrected chi connectivity index (χ2v) is 10.0. The number of carbonyl (C=O) groups excluding carboxylic acids is 1. The summed E-state index contributed by atoms with van der Waals surface area (Å²) in [5.74, 6) is 1.97. The SMILES string of the molecule is COc1cc2c(Oc3ccc(C(=O)Nc4ccccc4)cc3)ccnc2cc1OCC[C@H](N)C(O)OC1CCCC1. The zero-order chi connectivity index (χ0) is 28.6. The predicted molar refractivity (Wildman–Crippen MR) is 157 cm³/mol. The maximum atomic E-state index is 12.6. The summed E-state index contributed by atoms with van der Waals surface area (Å²) in [6, 6.07) is 21.0. The van der Waals surface area contributed by atoms with Gasteiger partial charge in [0.25, 0.3) is 5.91 Å². The Hall–Kier alpha value is -4.18. The summed E-state index contributed by atoms with van der Waals surface area (Å²) in [5.41, 5.74) is 8.04. The first kappa shape index (κ1) is 28.4. The van der Waals surface area contributed by atoms with Gasteiger partial charge in [-0.2, -0.15) is 0 Å². The minimum Gasteiger partial charge on any atom is -0.493 e. The Balaban J connectivity index is 1.22. The molecule has 1 heterocycles. The molecule has 4 N–H and O–H groups in total. The third kappa shape index (κ3) is 7.32. The summed E-state index contributed by atoms with van der Waals surface area (Å²) in [5, 5.41) is 13.9. The normalized spacial score (nSPS) is 14.9. The number of amides is 1. The van der Waals surface area contributed by atoms with Crippen molar-refractivity contribution in [2.45, 2.75) is 50.5 Å². The number of anilines is 1. The number of aliphatic hydroxyl groups is 1. The van der Waals surface area contributed by atoms with E-state index < -0.39 is 12.3 Å². The van der Waals surface area contributed by atoms with Crippen LogP contribution in [0.4, 0.5) is 5.69 Å². The molecular formula is C32H35N3O6. The van der Waals surface area contributed by atoms with Gasteiger partial charge in [-0.1, -0.05) is 31.0 Å². The Morgan fingerprint density at radius 1 is 1.02 bits per heavy atom. The Morgan fingerprint density at radius 2 is 1.78 bits per heavy atom. The van der Waals surface area contributed by atoms with Crippen LogP contribution in [0.25, 0.3) is 10.9 Å². The number of methoxy groups -OCH3 is 1. The number of hydrogen-bond donors (Lipinski definition) is 3. The molecule has 0 radical (unpaired) electrons. The van der Waals surface area contributed by atoms with E-state index in [9.17, 15) is 9.90 Å². The number of carbonyl (C=O) groups is 1. The highest BCUT2D eigenvalue weighted by molar-refractivity contribution is 6.04. The van der Waals surface area contributed by atoms with Crippen molar-refractivity contribution in [1.82, 2.24) is 4.98 Å². The largest absolute Gasteiger partial charge is 0.493 e. The van der Waals surface area contributed by atoms with Crippen molar-refractivity contribution < 1.29 is 28.8 Å². The number of benzene rings is 3. The number of pyridine rings is 1. The zero-order valence-electron chi connectivity index (χ0n) is 23.0. The number of ether oxygens (including phenoxy) is 4. The molecule has 9 heteroatoms. The molecule has 41 heavy (non-hydrogen) atoms. The van der Waals surface area contributed by atoms with Gasteiger partial charge in [0.1, 0.15) is 11.5 Å². The second kappa shape index (κ2) is 13.5. The van der Waals surface area contributed by atoms with Crippen LogP contribution in [0, 0.1) is 0 Å². The molecule has 5 rings (SSSR count). The van der Waals surface area contributed by atoms with Crippen LogP contribution in [0.3, 0.4) is 0 Å². The minimum atomic E-state index is -1.02. The first-order chi connectivity index (χ1) is 20.0. The molecule has 0 spiro atoms. The quantitative estimate of drug-likeness (QED) is 0.191. The number of fused-ring (bicyclic) bond motifs is 1. The lowest BCUT2D eigenvalue weighted by molar-refractivity contribution is -0.147. The highest BCUT2D eigenvalue weighted by Crippen LogP contribution is 2.37. The maximum absolute atomic E-state index is 12.6. The van der Waals surface area contributed by atoms with Gasteiger partial charge in [-0.25, -0.2) is 0 Å². The summed E-state index contributed by atoms with van der Waals surface area (Å²) >= 11 is 0.